The molecule has 0 spiro atoms. The lowest BCUT2D eigenvalue weighted by Crippen LogP contribution is -2.11. The molecule has 1 rings (SSSR count). The van der Waals surface area contributed by atoms with Gasteiger partial charge in [0.1, 0.15) is 5.71 Å². The van der Waals surface area contributed by atoms with E-state index < -0.39 is 11.9 Å². The maximum Gasteiger partial charge on any atom is 0.350 e. The van der Waals surface area contributed by atoms with Crippen LogP contribution in [0.2, 0.25) is 10.0 Å². The Hall–Kier alpha value is -1.12. The van der Waals surface area contributed by atoms with E-state index in [1.54, 1.807) is 0 Å². The van der Waals surface area contributed by atoms with Gasteiger partial charge in [-0.1, -0.05) is 29.3 Å². The molecule has 0 bridgehead atoms. The van der Waals surface area contributed by atoms with Gasteiger partial charge in [0.25, 0.3) is 0 Å². The summed E-state index contributed by atoms with van der Waals surface area (Å²) in [7, 11) is 0. The van der Waals surface area contributed by atoms with Gasteiger partial charge >= 0.3 is 11.9 Å². The summed E-state index contributed by atoms with van der Waals surface area (Å²) in [5.74, 6) is -2.40. The van der Waals surface area contributed by atoms with Crippen LogP contribution in [0.1, 0.15) is 6.42 Å². The summed E-state index contributed by atoms with van der Waals surface area (Å²) >= 11 is 13.7. The third kappa shape index (κ3) is 5.10. The van der Waals surface area contributed by atoms with E-state index in [1.165, 1.54) is 18.2 Å². The average molecular weight is 428 g/mol. The second-order valence-corrected chi connectivity index (χ2v) is 5.45. The number of benzene rings is 1. The van der Waals surface area contributed by atoms with Gasteiger partial charge in [-0.25, -0.2) is 14.6 Å². The molecule has 0 saturated heterocycles. The van der Waals surface area contributed by atoms with Crippen LogP contribution in [-0.4, -0.2) is 27.9 Å². The summed E-state index contributed by atoms with van der Waals surface area (Å²) < 4.78 is 0.564. The molecule has 20 heavy (non-hydrogen) atoms. The number of carboxylic acid groups (broad SMARTS) is 2. The van der Waals surface area contributed by atoms with Crippen molar-refractivity contribution < 1.29 is 19.8 Å². The van der Waals surface area contributed by atoms with Crippen molar-refractivity contribution in [3.8, 4) is 0 Å². The van der Waals surface area contributed by atoms with E-state index >= 15 is 0 Å². The van der Waals surface area contributed by atoms with Gasteiger partial charge in [-0.15, -0.1) is 0 Å². The molecule has 0 aromatic heterocycles. The van der Waals surface area contributed by atoms with Crippen LogP contribution in [0, 0.1) is 3.57 Å². The number of hydrogen-bond donors (Lipinski definition) is 2. The minimum absolute atomic E-state index is 0.123. The van der Waals surface area contributed by atoms with Crippen molar-refractivity contribution in [2.24, 2.45) is 4.99 Å². The summed E-state index contributed by atoms with van der Waals surface area (Å²) in [6.07, 6.45) is 1.94. The molecule has 0 unspecified atom stereocenters. The number of nitrogens with zero attached hydrogens (tertiary/aromatic N) is 1. The Labute approximate surface area is 138 Å². The van der Waals surface area contributed by atoms with Crippen molar-refractivity contribution in [2.45, 2.75) is 6.42 Å². The average Bonchev–Trinajstić information content (AvgIpc) is 2.33. The van der Waals surface area contributed by atoms with Crippen LogP contribution in [-0.2, 0) is 9.59 Å². The van der Waals surface area contributed by atoms with Crippen LogP contribution in [0.25, 0.3) is 0 Å². The van der Waals surface area contributed by atoms with Gasteiger partial charge in [0.15, 0.2) is 0 Å². The number of carboxylic acids is 2. The lowest BCUT2D eigenvalue weighted by molar-refractivity contribution is -0.131. The molecular formula is C12H8Cl2INO4. The molecular weight excluding hydrogens is 420 g/mol. The second-order valence-electron chi connectivity index (χ2n) is 3.53. The van der Waals surface area contributed by atoms with Crippen LogP contribution in [0.4, 0.5) is 5.69 Å². The highest BCUT2D eigenvalue weighted by Crippen LogP contribution is 2.32. The first kappa shape index (κ1) is 16.9. The Balaban J connectivity index is 3.15. The number of aliphatic imine (C=N–C) groups is 1. The highest BCUT2D eigenvalue weighted by atomic mass is 127. The summed E-state index contributed by atoms with van der Waals surface area (Å²) in [6.45, 7) is 0. The highest BCUT2D eigenvalue weighted by molar-refractivity contribution is 14.1. The molecule has 1 aromatic carbocycles. The van der Waals surface area contributed by atoms with Crippen molar-refractivity contribution in [1.82, 2.24) is 0 Å². The molecule has 1 aromatic rings. The molecule has 0 radical (unpaired) electrons. The third-order valence-electron chi connectivity index (χ3n) is 2.05. The van der Waals surface area contributed by atoms with Gasteiger partial charge in [-0.05, 0) is 34.7 Å². The first-order valence-corrected chi connectivity index (χ1v) is 6.99. The Bertz CT molecular complexity index is 614. The summed E-state index contributed by atoms with van der Waals surface area (Å²) in [5.41, 5.74) is 0.114. The molecule has 5 nitrogen and oxygen atoms in total. The first-order chi connectivity index (χ1) is 9.31. The van der Waals surface area contributed by atoms with Crippen molar-refractivity contribution >= 4 is 69.1 Å². The highest BCUT2D eigenvalue weighted by Gasteiger charge is 2.11. The number of carbonyl (C=O) groups is 2. The van der Waals surface area contributed by atoms with E-state index in [4.69, 9.17) is 33.4 Å². The van der Waals surface area contributed by atoms with E-state index in [0.717, 1.165) is 6.08 Å². The number of halogens is 3. The van der Waals surface area contributed by atoms with Crippen molar-refractivity contribution in [3.63, 3.8) is 0 Å². The van der Waals surface area contributed by atoms with E-state index in [2.05, 4.69) is 4.99 Å². The molecule has 0 saturated carbocycles. The van der Waals surface area contributed by atoms with Gasteiger partial charge in [0.2, 0.25) is 0 Å². The van der Waals surface area contributed by atoms with E-state index in [1.807, 2.05) is 22.6 Å². The van der Waals surface area contributed by atoms with Gasteiger partial charge in [-0.3, -0.25) is 0 Å². The predicted octanol–water partition coefficient (Wildman–Crippen LogP) is 3.79. The molecule has 0 amide bonds. The summed E-state index contributed by atoms with van der Waals surface area (Å²) in [5, 5.41) is 18.2. The Morgan fingerprint density at radius 1 is 1.30 bits per heavy atom. The molecule has 0 aliphatic heterocycles. The fraction of sp³-hybridized carbons (Fsp3) is 0.0833. The van der Waals surface area contributed by atoms with E-state index in [0.29, 0.717) is 19.3 Å². The Morgan fingerprint density at radius 3 is 2.50 bits per heavy atom. The fourth-order valence-corrected chi connectivity index (χ4v) is 2.14. The van der Waals surface area contributed by atoms with E-state index in [9.17, 15) is 9.59 Å². The van der Waals surface area contributed by atoms with Crippen LogP contribution in [0.15, 0.2) is 29.3 Å². The third-order valence-corrected chi connectivity index (χ3v) is 4.02. The topological polar surface area (TPSA) is 87.0 Å². The molecule has 0 heterocycles. The van der Waals surface area contributed by atoms with Crippen LogP contribution < -0.4 is 0 Å². The zero-order chi connectivity index (χ0) is 15.3. The standard InChI is InChI=1S/C12H8Cl2INO4/c13-6-4-7(14)11(15)9(5-6)16-8(12(19)20)2-1-3-10(17)18/h1,3-5H,2H2,(H,17,18)(H,19,20). The lowest BCUT2D eigenvalue weighted by atomic mass is 10.2. The molecule has 0 aliphatic rings. The van der Waals surface area contributed by atoms with Crippen molar-refractivity contribution in [2.75, 3.05) is 0 Å². The molecule has 106 valence electrons. The largest absolute Gasteiger partial charge is 0.478 e. The maximum atomic E-state index is 11.1. The fourth-order valence-electron chi connectivity index (χ4n) is 1.22. The number of aliphatic carboxylic acids is 2. The smallest absolute Gasteiger partial charge is 0.350 e. The number of rotatable bonds is 5. The molecule has 8 heteroatoms. The quantitative estimate of drug-likeness (QED) is 0.324. The predicted molar refractivity (Wildman–Crippen MR) is 85.3 cm³/mol. The zero-order valence-corrected chi connectivity index (χ0v) is 13.5. The van der Waals surface area contributed by atoms with Gasteiger partial charge in [0.05, 0.1) is 14.3 Å². The Kier molecular flexibility index (Phi) is 6.44. The summed E-state index contributed by atoms with van der Waals surface area (Å²) in [4.78, 5) is 25.4. The summed E-state index contributed by atoms with van der Waals surface area (Å²) in [6, 6.07) is 3.01. The number of allylic oxidation sites excluding steroid dienone is 1. The van der Waals surface area contributed by atoms with Crippen LogP contribution in [0.5, 0.6) is 0 Å². The Morgan fingerprint density at radius 2 is 1.95 bits per heavy atom. The molecule has 0 atom stereocenters. The van der Waals surface area contributed by atoms with Crippen LogP contribution >= 0.6 is 45.8 Å². The SMILES string of the molecule is O=C(O)C=CCC(=Nc1cc(Cl)cc(Cl)c1I)C(=O)O. The van der Waals surface area contributed by atoms with Gasteiger partial charge in [0, 0.05) is 17.5 Å². The molecule has 0 aliphatic carbocycles. The second kappa shape index (κ2) is 7.61. The van der Waals surface area contributed by atoms with Crippen molar-refractivity contribution in [1.29, 1.82) is 0 Å². The normalized spacial score (nSPS) is 11.8. The zero-order valence-electron chi connectivity index (χ0n) is 9.81. The number of hydrogen-bond acceptors (Lipinski definition) is 3. The minimum Gasteiger partial charge on any atom is -0.478 e. The van der Waals surface area contributed by atoms with Crippen LogP contribution in [0.3, 0.4) is 0 Å². The molecule has 2 N–H and O–H groups in total. The maximum absolute atomic E-state index is 11.1. The van der Waals surface area contributed by atoms with Gasteiger partial charge in [-0.2, -0.15) is 0 Å². The molecule has 0 fully saturated rings. The van der Waals surface area contributed by atoms with E-state index in [-0.39, 0.29) is 12.1 Å². The first-order valence-electron chi connectivity index (χ1n) is 5.16. The van der Waals surface area contributed by atoms with Crippen molar-refractivity contribution in [3.05, 3.63) is 37.9 Å². The minimum atomic E-state index is -1.24. The monoisotopic (exact) mass is 427 g/mol. The lowest BCUT2D eigenvalue weighted by Gasteiger charge is -2.04. The van der Waals surface area contributed by atoms with Gasteiger partial charge < -0.3 is 10.2 Å².